The number of amides is 2. The van der Waals surface area contributed by atoms with E-state index in [0.29, 0.717) is 12.3 Å². The van der Waals surface area contributed by atoms with E-state index in [4.69, 9.17) is 4.74 Å². The van der Waals surface area contributed by atoms with E-state index in [1.54, 1.807) is 0 Å². The molecule has 22 heavy (non-hydrogen) atoms. The fourth-order valence-corrected chi connectivity index (χ4v) is 2.58. The summed E-state index contributed by atoms with van der Waals surface area (Å²) in [6, 6.07) is 6.61. The fraction of sp³-hybridized carbons (Fsp3) is 0.375. The standard InChI is InChI=1S/C16H19BrN2O3/c1-3-4-9-22-15(20)13-10(2)18-16(21)19-14(13)11-5-7-12(17)8-6-11/h5-8,13-14H,2-4,9H2,1H3,(H2,18,19,21)/t13-,14+/m0/s1. The Hall–Kier alpha value is -1.82. The van der Waals surface area contributed by atoms with Crippen LogP contribution < -0.4 is 10.6 Å². The molecule has 0 aliphatic carbocycles. The van der Waals surface area contributed by atoms with Crippen molar-refractivity contribution in [3.8, 4) is 0 Å². The van der Waals surface area contributed by atoms with Crippen molar-refractivity contribution in [2.75, 3.05) is 6.61 Å². The summed E-state index contributed by atoms with van der Waals surface area (Å²) < 4.78 is 6.23. The first-order valence-corrected chi connectivity index (χ1v) is 8.00. The minimum absolute atomic E-state index is 0.359. The van der Waals surface area contributed by atoms with Gasteiger partial charge >= 0.3 is 12.0 Å². The number of nitrogens with one attached hydrogen (secondary N) is 2. The fourth-order valence-electron chi connectivity index (χ4n) is 2.32. The Labute approximate surface area is 138 Å². The van der Waals surface area contributed by atoms with E-state index in [0.717, 1.165) is 22.9 Å². The largest absolute Gasteiger partial charge is 0.465 e. The lowest BCUT2D eigenvalue weighted by Gasteiger charge is -2.33. The Morgan fingerprint density at radius 3 is 2.68 bits per heavy atom. The second kappa shape index (κ2) is 7.45. The van der Waals surface area contributed by atoms with Crippen LogP contribution in [0.25, 0.3) is 0 Å². The number of carbonyl (C=O) groups is 2. The molecular weight excluding hydrogens is 348 g/mol. The van der Waals surface area contributed by atoms with Crippen LogP contribution in [0.3, 0.4) is 0 Å². The predicted octanol–water partition coefficient (Wildman–Crippen LogP) is 3.28. The normalized spacial score (nSPS) is 21.0. The van der Waals surface area contributed by atoms with Gasteiger partial charge in [0.1, 0.15) is 5.92 Å². The van der Waals surface area contributed by atoms with Crippen molar-refractivity contribution in [1.82, 2.24) is 10.6 Å². The van der Waals surface area contributed by atoms with Crippen LogP contribution in [0.5, 0.6) is 0 Å². The molecule has 118 valence electrons. The molecule has 2 rings (SSSR count). The lowest BCUT2D eigenvalue weighted by Crippen LogP contribution is -2.51. The van der Waals surface area contributed by atoms with Gasteiger partial charge in [0.15, 0.2) is 0 Å². The second-order valence-corrected chi connectivity index (χ2v) is 6.07. The maximum absolute atomic E-state index is 12.4. The highest BCUT2D eigenvalue weighted by Gasteiger charge is 2.38. The van der Waals surface area contributed by atoms with E-state index in [9.17, 15) is 9.59 Å². The molecule has 1 aromatic rings. The average molecular weight is 367 g/mol. The topological polar surface area (TPSA) is 67.4 Å². The molecule has 0 aromatic heterocycles. The summed E-state index contributed by atoms with van der Waals surface area (Å²) in [6.07, 6.45) is 1.76. The van der Waals surface area contributed by atoms with Gasteiger partial charge in [-0.1, -0.05) is 48.0 Å². The average Bonchev–Trinajstić information content (AvgIpc) is 2.47. The van der Waals surface area contributed by atoms with E-state index in [1.165, 1.54) is 0 Å². The first-order valence-electron chi connectivity index (χ1n) is 7.21. The molecule has 5 nitrogen and oxygen atoms in total. The van der Waals surface area contributed by atoms with Crippen molar-refractivity contribution in [3.05, 3.63) is 46.6 Å². The third-order valence-electron chi connectivity index (χ3n) is 3.49. The molecule has 2 atom stereocenters. The zero-order chi connectivity index (χ0) is 16.1. The SMILES string of the molecule is C=C1NC(=O)N[C@H](c2ccc(Br)cc2)[C@H]1C(=O)OCCCC. The minimum atomic E-state index is -0.643. The first-order chi connectivity index (χ1) is 10.5. The van der Waals surface area contributed by atoms with Crippen LogP contribution in [0.15, 0.2) is 41.0 Å². The van der Waals surface area contributed by atoms with Crippen molar-refractivity contribution in [3.63, 3.8) is 0 Å². The van der Waals surface area contributed by atoms with Crippen molar-refractivity contribution < 1.29 is 14.3 Å². The Morgan fingerprint density at radius 1 is 1.36 bits per heavy atom. The first kappa shape index (κ1) is 16.5. The van der Waals surface area contributed by atoms with Crippen LogP contribution in [0, 0.1) is 5.92 Å². The molecule has 2 amide bonds. The number of esters is 1. The van der Waals surface area contributed by atoms with Gasteiger partial charge in [-0.15, -0.1) is 0 Å². The molecular formula is C16H19BrN2O3. The van der Waals surface area contributed by atoms with E-state index in [-0.39, 0.29) is 12.0 Å². The van der Waals surface area contributed by atoms with Gasteiger partial charge < -0.3 is 15.4 Å². The van der Waals surface area contributed by atoms with Crippen LogP contribution in [0.4, 0.5) is 4.79 Å². The molecule has 0 spiro atoms. The third-order valence-corrected chi connectivity index (χ3v) is 4.02. The maximum Gasteiger partial charge on any atom is 0.319 e. The van der Waals surface area contributed by atoms with Gasteiger partial charge in [-0.25, -0.2) is 4.79 Å². The Bertz CT molecular complexity index is 571. The summed E-state index contributed by atoms with van der Waals surface area (Å²) in [5.74, 6) is -1.02. The Kier molecular flexibility index (Phi) is 5.60. The predicted molar refractivity (Wildman–Crippen MR) is 87.0 cm³/mol. The van der Waals surface area contributed by atoms with Crippen LogP contribution in [-0.4, -0.2) is 18.6 Å². The lowest BCUT2D eigenvalue weighted by molar-refractivity contribution is -0.148. The van der Waals surface area contributed by atoms with Gasteiger partial charge in [0.2, 0.25) is 0 Å². The molecule has 0 saturated carbocycles. The zero-order valence-corrected chi connectivity index (χ0v) is 14.0. The number of benzene rings is 1. The molecule has 2 N–H and O–H groups in total. The van der Waals surface area contributed by atoms with Gasteiger partial charge in [0, 0.05) is 10.2 Å². The number of halogens is 1. The Balaban J connectivity index is 2.21. The number of hydrogen-bond donors (Lipinski definition) is 2. The zero-order valence-electron chi connectivity index (χ0n) is 12.4. The highest BCUT2D eigenvalue weighted by molar-refractivity contribution is 9.10. The van der Waals surface area contributed by atoms with E-state index in [1.807, 2.05) is 31.2 Å². The quantitative estimate of drug-likeness (QED) is 0.620. The third kappa shape index (κ3) is 3.88. The van der Waals surface area contributed by atoms with Gasteiger partial charge in [0.25, 0.3) is 0 Å². The summed E-state index contributed by atoms with van der Waals surface area (Å²) in [5, 5.41) is 5.33. The highest BCUT2D eigenvalue weighted by atomic mass is 79.9. The second-order valence-electron chi connectivity index (χ2n) is 5.15. The molecule has 1 aliphatic rings. The summed E-state index contributed by atoms with van der Waals surface area (Å²) >= 11 is 3.37. The van der Waals surface area contributed by atoms with Crippen molar-refractivity contribution in [2.24, 2.45) is 5.92 Å². The number of carbonyl (C=O) groups excluding carboxylic acids is 2. The maximum atomic E-state index is 12.4. The summed E-state index contributed by atoms with van der Waals surface area (Å²) in [6.45, 7) is 6.21. The van der Waals surface area contributed by atoms with Gasteiger partial charge in [-0.05, 0) is 24.1 Å². The van der Waals surface area contributed by atoms with E-state index in [2.05, 4.69) is 33.1 Å². The summed E-state index contributed by atoms with van der Waals surface area (Å²) in [5.41, 5.74) is 1.19. The number of unbranched alkanes of at least 4 members (excludes halogenated alkanes) is 1. The monoisotopic (exact) mass is 366 g/mol. The summed E-state index contributed by atoms with van der Waals surface area (Å²) in [4.78, 5) is 24.1. The highest BCUT2D eigenvalue weighted by Crippen LogP contribution is 2.31. The van der Waals surface area contributed by atoms with Crippen LogP contribution in [0.1, 0.15) is 31.4 Å². The van der Waals surface area contributed by atoms with Gasteiger partial charge in [-0.2, -0.15) is 0 Å². The van der Waals surface area contributed by atoms with Crippen LogP contribution in [0.2, 0.25) is 0 Å². The molecule has 1 aromatic carbocycles. The smallest absolute Gasteiger partial charge is 0.319 e. The molecule has 0 unspecified atom stereocenters. The van der Waals surface area contributed by atoms with E-state index < -0.39 is 12.0 Å². The molecule has 1 saturated heterocycles. The molecule has 6 heteroatoms. The van der Waals surface area contributed by atoms with Crippen LogP contribution >= 0.6 is 15.9 Å². The van der Waals surface area contributed by atoms with E-state index >= 15 is 0 Å². The van der Waals surface area contributed by atoms with Gasteiger partial charge in [0.05, 0.1) is 12.6 Å². The molecule has 0 bridgehead atoms. The Morgan fingerprint density at radius 2 is 2.05 bits per heavy atom. The van der Waals surface area contributed by atoms with Crippen molar-refractivity contribution in [2.45, 2.75) is 25.8 Å². The molecule has 1 aliphatic heterocycles. The summed E-state index contributed by atoms with van der Waals surface area (Å²) in [7, 11) is 0. The number of hydrogen-bond acceptors (Lipinski definition) is 3. The lowest BCUT2D eigenvalue weighted by atomic mass is 9.89. The van der Waals surface area contributed by atoms with Gasteiger partial charge in [-0.3, -0.25) is 4.79 Å². The molecule has 0 radical (unpaired) electrons. The minimum Gasteiger partial charge on any atom is -0.465 e. The number of rotatable bonds is 5. The number of ether oxygens (including phenoxy) is 1. The number of urea groups is 1. The molecule has 1 heterocycles. The van der Waals surface area contributed by atoms with Crippen LogP contribution in [-0.2, 0) is 9.53 Å². The molecule has 1 fully saturated rings. The van der Waals surface area contributed by atoms with Crippen molar-refractivity contribution >= 4 is 27.9 Å². The van der Waals surface area contributed by atoms with Crippen molar-refractivity contribution in [1.29, 1.82) is 0 Å².